The number of rotatable bonds is 16. The number of fused-ring (bicyclic) bond motifs is 9. The van der Waals surface area contributed by atoms with Crippen LogP contribution < -0.4 is 5.19 Å². The minimum atomic E-state index is -1.23. The van der Waals surface area contributed by atoms with Crippen LogP contribution in [0, 0.1) is 63.1 Å². The second kappa shape index (κ2) is 47.3. The number of pyridine rings is 6. The molecule has 13 heteroatoms. The number of nitrogens with zero attached hydrogens (tertiary/aromatic N) is 6. The average molecular weight is 2430 g/mol. The van der Waals surface area contributed by atoms with Crippen molar-refractivity contribution in [2.24, 2.45) is 5.92 Å². The predicted molar refractivity (Wildman–Crippen MR) is 587 cm³/mol. The number of para-hydroxylation sites is 2. The number of furan rings is 2. The van der Waals surface area contributed by atoms with E-state index in [9.17, 15) is 0 Å². The summed E-state index contributed by atoms with van der Waals surface area (Å²) in [5, 5.41) is 8.41. The van der Waals surface area contributed by atoms with Gasteiger partial charge in [0.2, 0.25) is 0 Å². The van der Waals surface area contributed by atoms with Crippen LogP contribution in [-0.2, 0) is 83.0 Å². The van der Waals surface area contributed by atoms with Crippen LogP contribution in [0.3, 0.4) is 0 Å². The molecule has 719 valence electrons. The fourth-order valence-electron chi connectivity index (χ4n) is 18.6. The van der Waals surface area contributed by atoms with Gasteiger partial charge in [-0.25, -0.2) is 0 Å². The molecule has 9 heterocycles. The first-order valence-corrected chi connectivity index (χ1v) is 52.8. The number of thiophene rings is 1. The summed E-state index contributed by atoms with van der Waals surface area (Å²) in [4.78, 5) is 27.6. The molecule has 0 amide bonds. The van der Waals surface area contributed by atoms with Gasteiger partial charge in [0.15, 0.2) is 0 Å². The molecule has 0 spiro atoms. The summed E-state index contributed by atoms with van der Waals surface area (Å²) in [6.45, 7) is 26.9. The average Bonchev–Trinajstić information content (AvgIpc) is 1.63. The number of hydrogen-bond donors (Lipinski definition) is 0. The SMILES string of the molecule is CC(C)(c1ccccc1)c1ccnc(-c2[c-]ccc3c2oc2ccccc23)c1.CC(C)(c1ccccc1)c1ccnc(-c2[c-]ccc3c2sc2ccccc23)c1.C[Si](C)(C)c1ccc(-c2[c-]cccc2)nc1.Cc1ccc(C(C)(C)c2ccnc(-c3[c-]ccc4c3oc3ccccc34)c2)cc1.Cc1cnc(-c2[c-]cccc2)cc1-c1ccccc1.Cc1cnc(-c2[c-]cccc2)cc1CC1CCCCC1.[Ir].[Ir].[Ir]. The Bertz CT molecular complexity index is 7760. The van der Waals surface area contributed by atoms with Gasteiger partial charge in [-0.3, -0.25) is 0 Å². The Morgan fingerprint density at radius 2 is 0.741 bits per heavy atom. The molecule has 13 aromatic carbocycles. The quantitative estimate of drug-likeness (QED) is 0.0696. The maximum absolute atomic E-state index is 6.19. The smallest absolute Gasteiger partial charge is 0.120 e. The van der Waals surface area contributed by atoms with E-state index in [1.54, 1.807) is 0 Å². The number of hydrogen-bond acceptors (Lipinski definition) is 9. The zero-order valence-corrected chi connectivity index (χ0v) is 91.8. The molecule has 0 saturated heterocycles. The predicted octanol–water partition coefficient (Wildman–Crippen LogP) is 33.7. The molecule has 9 aromatic heterocycles. The zero-order valence-electron chi connectivity index (χ0n) is 82.8. The molecule has 143 heavy (non-hydrogen) atoms. The molecular weight excluding hydrogens is 2310 g/mol. The molecule has 22 aromatic rings. The largest absolute Gasteiger partial charge is 0.501 e. The van der Waals surface area contributed by atoms with Crippen molar-refractivity contribution in [1.29, 1.82) is 0 Å². The molecule has 3 radical (unpaired) electrons. The van der Waals surface area contributed by atoms with Crippen LogP contribution in [0.1, 0.15) is 129 Å². The fraction of sp³-hybridized carbons (Fsp3) is 0.169. The van der Waals surface area contributed by atoms with Crippen LogP contribution in [0.2, 0.25) is 19.6 Å². The first-order valence-electron chi connectivity index (χ1n) is 48.5. The van der Waals surface area contributed by atoms with E-state index in [4.69, 9.17) is 13.8 Å². The van der Waals surface area contributed by atoms with Gasteiger partial charge in [-0.2, -0.15) is 11.3 Å². The van der Waals surface area contributed by atoms with Gasteiger partial charge in [0.1, 0.15) is 11.2 Å². The van der Waals surface area contributed by atoms with Crippen molar-refractivity contribution in [3.05, 3.63) is 487 Å². The van der Waals surface area contributed by atoms with E-state index in [0.717, 1.165) is 117 Å². The second-order valence-electron chi connectivity index (χ2n) is 38.8. The third kappa shape index (κ3) is 24.3. The maximum Gasteiger partial charge on any atom is 0.120 e. The van der Waals surface area contributed by atoms with Gasteiger partial charge in [-0.05, 0) is 175 Å². The van der Waals surface area contributed by atoms with Crippen molar-refractivity contribution >= 4 is 88.6 Å². The summed E-state index contributed by atoms with van der Waals surface area (Å²) < 4.78 is 14.9. The summed E-state index contributed by atoms with van der Waals surface area (Å²) >= 11 is 1.82. The summed E-state index contributed by atoms with van der Waals surface area (Å²) in [6.07, 6.45) is 19.9. The fourth-order valence-corrected chi connectivity index (χ4v) is 20.8. The third-order valence-corrected chi connectivity index (χ3v) is 30.4. The molecule has 0 N–H and O–H groups in total. The Balaban J connectivity index is 0.000000130. The molecule has 0 unspecified atom stereocenters. The van der Waals surface area contributed by atoms with E-state index >= 15 is 0 Å². The van der Waals surface area contributed by atoms with Gasteiger partial charge >= 0.3 is 0 Å². The van der Waals surface area contributed by atoms with Gasteiger partial charge in [0.05, 0.1) is 19.2 Å². The van der Waals surface area contributed by atoms with E-state index in [1.165, 1.54) is 131 Å². The maximum atomic E-state index is 6.19. The number of aryl methyl sites for hydroxylation is 3. The monoisotopic (exact) mass is 2430 g/mol. The molecule has 1 fully saturated rings. The minimum Gasteiger partial charge on any atom is -0.501 e. The second-order valence-corrected chi connectivity index (χ2v) is 44.9. The summed E-state index contributed by atoms with van der Waals surface area (Å²) in [7, 11) is -1.23. The van der Waals surface area contributed by atoms with Crippen LogP contribution in [0.15, 0.2) is 404 Å². The van der Waals surface area contributed by atoms with Crippen LogP contribution >= 0.6 is 11.3 Å². The zero-order chi connectivity index (χ0) is 96.8. The van der Waals surface area contributed by atoms with Crippen LogP contribution in [0.25, 0.3) is 143 Å². The van der Waals surface area contributed by atoms with Gasteiger partial charge < -0.3 is 38.7 Å². The summed E-state index contributed by atoms with van der Waals surface area (Å²) in [5.41, 5.74) is 30.2. The van der Waals surface area contributed by atoms with Crippen molar-refractivity contribution in [2.75, 3.05) is 0 Å². The normalized spacial score (nSPS) is 12.0. The van der Waals surface area contributed by atoms with Crippen LogP contribution in [0.5, 0.6) is 0 Å². The van der Waals surface area contributed by atoms with Crippen LogP contribution in [0.4, 0.5) is 0 Å². The molecule has 0 aliphatic heterocycles. The number of aromatic nitrogens is 6. The van der Waals surface area contributed by atoms with E-state index in [2.05, 4.69) is 374 Å². The Hall–Kier alpha value is -13.3. The van der Waals surface area contributed by atoms with E-state index in [0.29, 0.717) is 0 Å². The first-order chi connectivity index (χ1) is 68.1. The van der Waals surface area contributed by atoms with Crippen LogP contribution in [-0.4, -0.2) is 38.0 Å². The Morgan fingerprint density at radius 1 is 0.329 bits per heavy atom. The van der Waals surface area contributed by atoms with Gasteiger partial charge in [0.25, 0.3) is 0 Å². The Morgan fingerprint density at radius 3 is 1.22 bits per heavy atom. The number of benzene rings is 13. The minimum absolute atomic E-state index is 0. The van der Waals surface area contributed by atoms with E-state index in [-0.39, 0.29) is 76.6 Å². The van der Waals surface area contributed by atoms with Crippen molar-refractivity contribution in [3.8, 4) is 78.7 Å². The topological polar surface area (TPSA) is 104 Å². The molecular formula is C130H114Ir3N6O2SSi-6. The van der Waals surface area contributed by atoms with Crippen molar-refractivity contribution in [3.63, 3.8) is 0 Å². The molecule has 1 aliphatic rings. The third-order valence-electron chi connectivity index (χ3n) is 27.2. The van der Waals surface area contributed by atoms with Crippen molar-refractivity contribution in [1.82, 2.24) is 29.9 Å². The van der Waals surface area contributed by atoms with Gasteiger partial charge in [-0.1, -0.05) is 344 Å². The van der Waals surface area contributed by atoms with E-state index < -0.39 is 8.07 Å². The Kier molecular flexibility index (Phi) is 34.4. The first kappa shape index (κ1) is 104. The molecule has 0 bridgehead atoms. The molecule has 1 aliphatic carbocycles. The molecule has 23 rings (SSSR count). The van der Waals surface area contributed by atoms with Gasteiger partial charge in [0, 0.05) is 129 Å². The molecule has 8 nitrogen and oxygen atoms in total. The summed E-state index contributed by atoms with van der Waals surface area (Å²) in [6, 6.07) is 143. The van der Waals surface area contributed by atoms with E-state index in [1.807, 2.05) is 176 Å². The van der Waals surface area contributed by atoms with Crippen molar-refractivity contribution in [2.45, 2.75) is 137 Å². The van der Waals surface area contributed by atoms with Crippen molar-refractivity contribution < 1.29 is 69.2 Å². The molecule has 0 atom stereocenters. The standard InChI is InChI=1S/C27H22NO.C26H20NO.C26H20NS.C19H22N.C18H14N.C14H16NSi.3Ir/c1-18-11-13-19(14-12-18)27(2,3)20-15-16-28-24(17-20)23-9-6-8-22-21-7-4-5-10-25(21)29-26(22)23;2*1-26(2,18-9-4-3-5-10-18)19-15-16-27-23(17-19)22-13-8-12-21-20-11-6-7-14-24(20)28-25(21)22;1-15-14-20-19(17-10-6-3-7-11-17)13-18(15)12-16-8-4-2-5-9-16;1-14-13-19-18(16-10-6-3-7-11-16)12-17(14)15-8-4-2-5-9-15;1-16(2,3)13-9-10-14(15-11-13)12-7-5-4-6-8-12;;;/h4-8,10-17H,1-3H3;2*3-12,14-17H,1-2H3;3,6-7,10,13-14,16H,2,4-5,8-9,12H2,1H3;2-10,12-13H,1H3;4-7,9-11H,1-3H3;;;/q6*-1;;;. The summed E-state index contributed by atoms with van der Waals surface area (Å²) in [5.74, 6) is 0.873. The Labute approximate surface area is 888 Å². The molecule has 1 saturated carbocycles. The van der Waals surface area contributed by atoms with Gasteiger partial charge in [-0.15, -0.1) is 168 Å².